The molecule has 2 heterocycles. The molecule has 142 valence electrons. The van der Waals surface area contributed by atoms with Crippen LogP contribution in [0.2, 0.25) is 0 Å². The van der Waals surface area contributed by atoms with Crippen LogP contribution in [0.25, 0.3) is 5.69 Å². The van der Waals surface area contributed by atoms with Crippen molar-refractivity contribution in [2.45, 2.75) is 17.9 Å². The van der Waals surface area contributed by atoms with Crippen molar-refractivity contribution in [3.8, 4) is 5.69 Å². The molecule has 0 aliphatic carbocycles. The summed E-state index contributed by atoms with van der Waals surface area (Å²) in [6.45, 7) is 1.86. The summed E-state index contributed by atoms with van der Waals surface area (Å²) in [6, 6.07) is 8.64. The first-order chi connectivity index (χ1) is 12.8. The number of amides is 1. The van der Waals surface area contributed by atoms with Gasteiger partial charge in [-0.2, -0.15) is 5.10 Å². The number of hydrogen-bond acceptors (Lipinski definition) is 5. The highest BCUT2D eigenvalue weighted by Gasteiger charge is 2.20. The van der Waals surface area contributed by atoms with Crippen LogP contribution in [0.1, 0.15) is 29.0 Å². The van der Waals surface area contributed by atoms with E-state index in [-0.39, 0.29) is 22.5 Å². The lowest BCUT2D eigenvalue weighted by Gasteiger charge is -2.15. The smallest absolute Gasteiger partial charge is 0.268 e. The largest absolute Gasteiger partial charge is 0.345 e. The zero-order valence-corrected chi connectivity index (χ0v) is 15.9. The Bertz CT molecular complexity index is 1040. The Morgan fingerprint density at radius 1 is 1.22 bits per heavy atom. The number of hydrogen-bond donors (Lipinski definition) is 2. The second kappa shape index (κ2) is 7.33. The zero-order valence-electron chi connectivity index (χ0n) is 15.1. The number of nitrogens with zero attached hydrogens (tertiary/aromatic N) is 4. The van der Waals surface area contributed by atoms with Gasteiger partial charge < -0.3 is 9.88 Å². The van der Waals surface area contributed by atoms with Gasteiger partial charge in [-0.25, -0.2) is 22.8 Å². The van der Waals surface area contributed by atoms with E-state index in [9.17, 15) is 13.2 Å². The minimum absolute atomic E-state index is 0.0440. The van der Waals surface area contributed by atoms with Crippen LogP contribution >= 0.6 is 0 Å². The van der Waals surface area contributed by atoms with Gasteiger partial charge in [-0.1, -0.05) is 12.1 Å². The van der Waals surface area contributed by atoms with Gasteiger partial charge in [0.1, 0.15) is 23.2 Å². The topological polar surface area (TPSA) is 111 Å². The van der Waals surface area contributed by atoms with Gasteiger partial charge in [0.05, 0.1) is 11.7 Å². The van der Waals surface area contributed by atoms with Crippen LogP contribution in [0.4, 0.5) is 0 Å². The van der Waals surface area contributed by atoms with Crippen LogP contribution in [-0.4, -0.2) is 40.7 Å². The number of nitrogens with one attached hydrogen (secondary N) is 2. The average Bonchev–Trinajstić information content (AvgIpc) is 3.32. The van der Waals surface area contributed by atoms with E-state index in [0.29, 0.717) is 0 Å². The molecule has 3 rings (SSSR count). The van der Waals surface area contributed by atoms with Crippen molar-refractivity contribution < 1.29 is 13.2 Å². The number of benzene rings is 1. The predicted octanol–water partition coefficient (Wildman–Crippen LogP) is 1.00. The molecule has 1 amide bonds. The van der Waals surface area contributed by atoms with E-state index in [0.717, 1.165) is 11.3 Å². The number of carbonyl (C=O) groups excluding carboxylic acids is 1. The molecule has 0 bridgehead atoms. The molecule has 1 atom stereocenters. The fourth-order valence-corrected chi connectivity index (χ4v) is 3.44. The Labute approximate surface area is 157 Å². The molecule has 0 aliphatic heterocycles. The van der Waals surface area contributed by atoms with Crippen molar-refractivity contribution in [1.82, 2.24) is 29.4 Å². The maximum absolute atomic E-state index is 12.6. The minimum Gasteiger partial charge on any atom is -0.345 e. The first-order valence-electron chi connectivity index (χ1n) is 8.17. The third-order valence-electron chi connectivity index (χ3n) is 4.22. The van der Waals surface area contributed by atoms with Gasteiger partial charge in [0.25, 0.3) is 5.91 Å². The molecule has 0 spiro atoms. The van der Waals surface area contributed by atoms with Crippen LogP contribution in [0.5, 0.6) is 0 Å². The van der Waals surface area contributed by atoms with Gasteiger partial charge in [0, 0.05) is 13.2 Å². The highest BCUT2D eigenvalue weighted by Crippen LogP contribution is 2.17. The van der Waals surface area contributed by atoms with E-state index in [4.69, 9.17) is 0 Å². The molecule has 2 aromatic heterocycles. The molecule has 10 heteroatoms. The molecule has 0 saturated heterocycles. The average molecular weight is 388 g/mol. The fourth-order valence-electron chi connectivity index (χ4n) is 2.64. The molecule has 0 saturated carbocycles. The summed E-state index contributed by atoms with van der Waals surface area (Å²) >= 11 is 0. The Balaban J connectivity index is 1.74. The van der Waals surface area contributed by atoms with E-state index >= 15 is 0 Å². The number of aryl methyl sites for hydroxylation is 1. The monoisotopic (exact) mass is 388 g/mol. The van der Waals surface area contributed by atoms with Gasteiger partial charge >= 0.3 is 0 Å². The van der Waals surface area contributed by atoms with Crippen molar-refractivity contribution in [1.29, 1.82) is 0 Å². The maximum atomic E-state index is 12.6. The van der Waals surface area contributed by atoms with Crippen LogP contribution in [-0.2, 0) is 17.1 Å². The summed E-state index contributed by atoms with van der Waals surface area (Å²) in [6.07, 6.45) is 4.46. The first-order valence-corrected chi connectivity index (χ1v) is 9.66. The normalized spacial score (nSPS) is 12.7. The second-order valence-electron chi connectivity index (χ2n) is 6.01. The van der Waals surface area contributed by atoms with Crippen molar-refractivity contribution in [2.75, 3.05) is 7.05 Å². The van der Waals surface area contributed by atoms with Crippen molar-refractivity contribution in [2.24, 2.45) is 7.05 Å². The molecular weight excluding hydrogens is 368 g/mol. The lowest BCUT2D eigenvalue weighted by Crippen LogP contribution is -2.28. The second-order valence-corrected chi connectivity index (χ2v) is 7.89. The van der Waals surface area contributed by atoms with Gasteiger partial charge in [-0.3, -0.25) is 4.79 Å². The summed E-state index contributed by atoms with van der Waals surface area (Å²) in [5.41, 5.74) is 2.03. The van der Waals surface area contributed by atoms with E-state index in [1.54, 1.807) is 18.1 Å². The first kappa shape index (κ1) is 18.8. The van der Waals surface area contributed by atoms with Crippen molar-refractivity contribution in [3.63, 3.8) is 0 Å². The van der Waals surface area contributed by atoms with E-state index in [1.807, 2.05) is 31.2 Å². The number of rotatable bonds is 6. The Morgan fingerprint density at radius 3 is 2.52 bits per heavy atom. The Hall–Kier alpha value is -2.98. The van der Waals surface area contributed by atoms with Gasteiger partial charge in [0.15, 0.2) is 0 Å². The van der Waals surface area contributed by atoms with Crippen molar-refractivity contribution in [3.05, 3.63) is 60.4 Å². The van der Waals surface area contributed by atoms with Crippen LogP contribution in [0, 0.1) is 0 Å². The van der Waals surface area contributed by atoms with Crippen molar-refractivity contribution >= 4 is 15.9 Å². The molecule has 1 aromatic carbocycles. The summed E-state index contributed by atoms with van der Waals surface area (Å²) in [5.74, 6) is -0.358. The third-order valence-corrected chi connectivity index (χ3v) is 5.60. The number of carbonyl (C=O) groups is 1. The molecule has 1 unspecified atom stereocenters. The van der Waals surface area contributed by atoms with Crippen LogP contribution in [0.15, 0.2) is 54.1 Å². The third kappa shape index (κ3) is 3.91. The highest BCUT2D eigenvalue weighted by molar-refractivity contribution is 7.89. The lowest BCUT2D eigenvalue weighted by atomic mass is 10.1. The van der Waals surface area contributed by atoms with Gasteiger partial charge in [0.2, 0.25) is 10.0 Å². The standard InChI is InChI=1S/C17H20N6O3S/c1-12(13-4-6-14(7-5-13)23-11-19-10-20-23)21-17(24)16-8-15(9-22(16)3)27(25,26)18-2/h4-12,18H,1-3H3,(H,21,24). The van der Waals surface area contributed by atoms with Gasteiger partial charge in [-0.15, -0.1) is 0 Å². The summed E-state index contributed by atoms with van der Waals surface area (Å²) in [7, 11) is -0.652. The Kier molecular flexibility index (Phi) is 5.10. The highest BCUT2D eigenvalue weighted by atomic mass is 32.2. The molecule has 0 aliphatic rings. The summed E-state index contributed by atoms with van der Waals surface area (Å²) < 4.78 is 29.2. The fraction of sp³-hybridized carbons (Fsp3) is 0.235. The summed E-state index contributed by atoms with van der Waals surface area (Å²) in [4.78, 5) is 16.5. The SMILES string of the molecule is CNS(=O)(=O)c1cc(C(=O)NC(C)c2ccc(-n3cncn3)cc2)n(C)c1. The molecule has 0 fully saturated rings. The molecule has 0 radical (unpaired) electrons. The number of aromatic nitrogens is 4. The van der Waals surface area contributed by atoms with E-state index in [1.165, 1.54) is 30.2 Å². The number of sulfonamides is 1. The minimum atomic E-state index is -3.60. The quantitative estimate of drug-likeness (QED) is 0.655. The van der Waals surface area contributed by atoms with E-state index in [2.05, 4.69) is 20.1 Å². The van der Waals surface area contributed by atoms with E-state index < -0.39 is 10.0 Å². The molecule has 3 aromatic rings. The van der Waals surface area contributed by atoms with Gasteiger partial charge in [-0.05, 0) is 37.7 Å². The Morgan fingerprint density at radius 2 is 1.93 bits per heavy atom. The lowest BCUT2D eigenvalue weighted by molar-refractivity contribution is 0.0931. The molecule has 2 N–H and O–H groups in total. The van der Waals surface area contributed by atoms with Crippen LogP contribution < -0.4 is 10.0 Å². The van der Waals surface area contributed by atoms with Crippen LogP contribution in [0.3, 0.4) is 0 Å². The summed E-state index contributed by atoms with van der Waals surface area (Å²) in [5, 5.41) is 6.95. The predicted molar refractivity (Wildman–Crippen MR) is 98.9 cm³/mol. The molecule has 27 heavy (non-hydrogen) atoms. The molecular formula is C17H20N6O3S. The zero-order chi connectivity index (χ0) is 19.6. The maximum Gasteiger partial charge on any atom is 0.268 e. The molecule has 9 nitrogen and oxygen atoms in total.